The van der Waals surface area contributed by atoms with Gasteiger partial charge in [-0.3, -0.25) is 4.98 Å². The lowest BCUT2D eigenvalue weighted by atomic mass is 9.43. The smallest absolute Gasteiger partial charge is 0.0542 e. The molecule has 4 aliphatic carbocycles. The van der Waals surface area contributed by atoms with Gasteiger partial charge in [-0.05, 0) is 83.3 Å². The van der Waals surface area contributed by atoms with Crippen molar-refractivity contribution >= 4 is 15.9 Å². The fraction of sp³-hybridized carbons (Fsp3) is 0.722. The number of aromatic nitrogens is 1. The molecule has 3 heteroatoms. The fourth-order valence-electron chi connectivity index (χ4n) is 6.43. The Kier molecular flexibility index (Phi) is 3.07. The van der Waals surface area contributed by atoms with Crippen molar-refractivity contribution in [1.29, 1.82) is 0 Å². The first-order valence-corrected chi connectivity index (χ1v) is 9.03. The van der Waals surface area contributed by atoms with Crippen LogP contribution in [0.3, 0.4) is 0 Å². The van der Waals surface area contributed by atoms with Crippen LogP contribution >= 0.6 is 15.9 Å². The summed E-state index contributed by atoms with van der Waals surface area (Å²) in [6, 6.07) is 4.22. The lowest BCUT2D eigenvalue weighted by Gasteiger charge is -2.65. The average Bonchev–Trinajstić information content (AvgIpc) is 2.34. The van der Waals surface area contributed by atoms with Crippen molar-refractivity contribution < 1.29 is 0 Å². The normalized spacial score (nSPS) is 44.2. The Morgan fingerprint density at radius 2 is 1.86 bits per heavy atom. The highest BCUT2D eigenvalue weighted by Crippen LogP contribution is 2.66. The Labute approximate surface area is 136 Å². The van der Waals surface area contributed by atoms with Crippen molar-refractivity contribution in [3.63, 3.8) is 0 Å². The zero-order chi connectivity index (χ0) is 14.7. The molecular weight excluding hydrogens is 324 g/mol. The van der Waals surface area contributed by atoms with Crippen molar-refractivity contribution in [2.75, 3.05) is 0 Å². The van der Waals surface area contributed by atoms with Crippen LogP contribution in [0.5, 0.6) is 0 Å². The molecule has 5 rings (SSSR count). The van der Waals surface area contributed by atoms with E-state index in [-0.39, 0.29) is 0 Å². The minimum atomic E-state index is 0.373. The SMILES string of the molecule is CC12CC3CC(C)(C1)CC(NCc1ccc(Br)cn1)(C3)C2. The third-order valence-electron chi connectivity index (χ3n) is 6.06. The van der Waals surface area contributed by atoms with Crippen LogP contribution in [0.15, 0.2) is 22.8 Å². The van der Waals surface area contributed by atoms with Gasteiger partial charge in [-0.2, -0.15) is 0 Å². The fourth-order valence-corrected chi connectivity index (χ4v) is 6.67. The van der Waals surface area contributed by atoms with Crippen LogP contribution in [-0.4, -0.2) is 10.5 Å². The molecule has 0 aromatic carbocycles. The molecule has 4 bridgehead atoms. The van der Waals surface area contributed by atoms with Crippen molar-refractivity contribution in [2.45, 2.75) is 64.5 Å². The van der Waals surface area contributed by atoms with Gasteiger partial charge < -0.3 is 5.32 Å². The Morgan fingerprint density at radius 3 is 2.43 bits per heavy atom. The van der Waals surface area contributed by atoms with E-state index in [4.69, 9.17) is 0 Å². The van der Waals surface area contributed by atoms with Crippen molar-refractivity contribution in [3.05, 3.63) is 28.5 Å². The summed E-state index contributed by atoms with van der Waals surface area (Å²) in [5, 5.41) is 3.94. The largest absolute Gasteiger partial charge is 0.306 e. The summed E-state index contributed by atoms with van der Waals surface area (Å²) < 4.78 is 1.06. The highest BCUT2D eigenvalue weighted by Gasteiger charge is 2.59. The molecule has 2 nitrogen and oxygen atoms in total. The number of hydrogen-bond acceptors (Lipinski definition) is 2. The minimum Gasteiger partial charge on any atom is -0.306 e. The number of nitrogens with one attached hydrogen (secondary N) is 1. The summed E-state index contributed by atoms with van der Waals surface area (Å²) in [6.45, 7) is 5.97. The van der Waals surface area contributed by atoms with Gasteiger partial charge in [-0.25, -0.2) is 0 Å². The van der Waals surface area contributed by atoms with Crippen molar-refractivity contribution in [2.24, 2.45) is 16.7 Å². The summed E-state index contributed by atoms with van der Waals surface area (Å²) in [5.41, 5.74) is 2.68. The lowest BCUT2D eigenvalue weighted by molar-refractivity contribution is -0.118. The van der Waals surface area contributed by atoms with Gasteiger partial charge in [0.15, 0.2) is 0 Å². The predicted molar refractivity (Wildman–Crippen MR) is 88.9 cm³/mol. The van der Waals surface area contributed by atoms with Crippen LogP contribution in [0.25, 0.3) is 0 Å². The maximum atomic E-state index is 4.52. The van der Waals surface area contributed by atoms with Gasteiger partial charge >= 0.3 is 0 Å². The molecule has 4 saturated carbocycles. The molecule has 1 aromatic rings. The summed E-state index contributed by atoms with van der Waals surface area (Å²) in [7, 11) is 0. The van der Waals surface area contributed by atoms with Crippen LogP contribution in [0.2, 0.25) is 0 Å². The molecule has 0 saturated heterocycles. The average molecular weight is 349 g/mol. The molecule has 4 fully saturated rings. The van der Waals surface area contributed by atoms with E-state index >= 15 is 0 Å². The standard InChI is InChI=1S/C18H25BrN2/c1-16-5-13-6-17(2,10-16)12-18(7-13,11-16)21-9-15-4-3-14(19)8-20-15/h3-4,8,13,21H,5-7,9-12H2,1-2H3. The number of hydrogen-bond donors (Lipinski definition) is 1. The second kappa shape index (κ2) is 4.55. The highest BCUT2D eigenvalue weighted by atomic mass is 79.9. The van der Waals surface area contributed by atoms with Crippen molar-refractivity contribution in [1.82, 2.24) is 10.3 Å². The second-order valence-electron chi connectivity index (χ2n) is 8.73. The van der Waals surface area contributed by atoms with Crippen LogP contribution in [0, 0.1) is 16.7 Å². The van der Waals surface area contributed by atoms with Gasteiger partial charge in [0.25, 0.3) is 0 Å². The van der Waals surface area contributed by atoms with Gasteiger partial charge in [0.1, 0.15) is 0 Å². The third kappa shape index (κ3) is 2.57. The van der Waals surface area contributed by atoms with Gasteiger partial charge in [0, 0.05) is 22.8 Å². The molecule has 0 radical (unpaired) electrons. The molecule has 1 aromatic heterocycles. The Balaban J connectivity index is 1.53. The van der Waals surface area contributed by atoms with E-state index in [0.29, 0.717) is 16.4 Å². The topological polar surface area (TPSA) is 24.9 Å². The molecule has 2 unspecified atom stereocenters. The van der Waals surface area contributed by atoms with Crippen molar-refractivity contribution in [3.8, 4) is 0 Å². The number of pyridine rings is 1. The third-order valence-corrected chi connectivity index (χ3v) is 6.53. The van der Waals surface area contributed by atoms with E-state index in [1.54, 1.807) is 0 Å². The second-order valence-corrected chi connectivity index (χ2v) is 9.65. The first-order valence-electron chi connectivity index (χ1n) is 8.23. The van der Waals surface area contributed by atoms with Crippen LogP contribution < -0.4 is 5.32 Å². The Bertz CT molecular complexity index is 535. The molecule has 0 spiro atoms. The summed E-state index contributed by atoms with van der Waals surface area (Å²) >= 11 is 3.46. The maximum absolute atomic E-state index is 4.52. The summed E-state index contributed by atoms with van der Waals surface area (Å²) in [6.07, 6.45) is 10.4. The van der Waals surface area contributed by atoms with Gasteiger partial charge in [-0.1, -0.05) is 13.8 Å². The minimum absolute atomic E-state index is 0.373. The molecule has 4 aliphatic rings. The first kappa shape index (κ1) is 14.2. The van der Waals surface area contributed by atoms with Crippen LogP contribution in [0.4, 0.5) is 0 Å². The van der Waals surface area contributed by atoms with E-state index in [9.17, 15) is 0 Å². The monoisotopic (exact) mass is 348 g/mol. The van der Waals surface area contributed by atoms with E-state index in [0.717, 1.165) is 22.6 Å². The summed E-state index contributed by atoms with van der Waals surface area (Å²) in [4.78, 5) is 4.52. The quantitative estimate of drug-likeness (QED) is 0.857. The number of rotatable bonds is 3. The van der Waals surface area contributed by atoms with Crippen LogP contribution in [-0.2, 0) is 6.54 Å². The molecule has 2 atom stereocenters. The van der Waals surface area contributed by atoms with E-state index in [1.807, 2.05) is 6.20 Å². The molecule has 1 N–H and O–H groups in total. The Hall–Kier alpha value is -0.410. The predicted octanol–water partition coefficient (Wildman–Crippen LogP) is 4.68. The van der Waals surface area contributed by atoms with Gasteiger partial charge in [-0.15, -0.1) is 0 Å². The van der Waals surface area contributed by atoms with Gasteiger partial charge in [0.2, 0.25) is 0 Å². The van der Waals surface area contributed by atoms with E-state index < -0.39 is 0 Å². The molecule has 114 valence electrons. The van der Waals surface area contributed by atoms with E-state index in [1.165, 1.54) is 38.5 Å². The molecular formula is C18H25BrN2. The molecule has 0 aliphatic heterocycles. The molecule has 1 heterocycles. The van der Waals surface area contributed by atoms with Gasteiger partial charge in [0.05, 0.1) is 5.69 Å². The zero-order valence-electron chi connectivity index (χ0n) is 13.1. The summed E-state index contributed by atoms with van der Waals surface area (Å²) in [5.74, 6) is 0.946. The van der Waals surface area contributed by atoms with Crippen LogP contribution in [0.1, 0.15) is 58.1 Å². The highest BCUT2D eigenvalue weighted by molar-refractivity contribution is 9.10. The number of nitrogens with zero attached hydrogens (tertiary/aromatic N) is 1. The number of halogens is 1. The molecule has 0 amide bonds. The first-order chi connectivity index (χ1) is 9.88. The Morgan fingerprint density at radius 1 is 1.14 bits per heavy atom. The van der Waals surface area contributed by atoms with E-state index in [2.05, 4.69) is 52.2 Å². The molecule has 21 heavy (non-hydrogen) atoms. The zero-order valence-corrected chi connectivity index (χ0v) is 14.7. The maximum Gasteiger partial charge on any atom is 0.0542 e. The lowest BCUT2D eigenvalue weighted by Crippen LogP contribution is -2.63.